The zero-order valence-electron chi connectivity index (χ0n) is 12.7. The van der Waals surface area contributed by atoms with Gasteiger partial charge in [0.05, 0.1) is 4.92 Å². The van der Waals surface area contributed by atoms with Crippen LogP contribution < -0.4 is 0 Å². The van der Waals surface area contributed by atoms with Gasteiger partial charge in [-0.15, -0.1) is 10.2 Å². The van der Waals surface area contributed by atoms with Gasteiger partial charge in [0.2, 0.25) is 5.89 Å². The highest BCUT2D eigenvalue weighted by atomic mass is 32.1. The highest BCUT2D eigenvalue weighted by molar-refractivity contribution is 7.08. The molecule has 9 heteroatoms. The van der Waals surface area contributed by atoms with E-state index in [0.29, 0.717) is 5.56 Å². The normalized spacial score (nSPS) is 10.9. The Bertz CT molecular complexity index is 900. The van der Waals surface area contributed by atoms with E-state index in [1.807, 2.05) is 16.8 Å². The maximum Gasteiger partial charge on any atom is 0.331 e. The number of hydrogen-bond donors (Lipinski definition) is 0. The zero-order chi connectivity index (χ0) is 17.6. The molecule has 1 aromatic carbocycles. The predicted molar refractivity (Wildman–Crippen MR) is 89.5 cm³/mol. The molecule has 0 N–H and O–H groups in total. The minimum Gasteiger partial charge on any atom is -0.452 e. The summed E-state index contributed by atoms with van der Waals surface area (Å²) in [5.41, 5.74) is 1.42. The SMILES string of the molecule is O=C(/C=C/c1ccsc1)OCc1nnc(-c2ccc([N+](=O)[O-])cc2)o1. The molecule has 0 aliphatic rings. The van der Waals surface area contributed by atoms with Gasteiger partial charge in [-0.25, -0.2) is 4.79 Å². The molecule has 0 amide bonds. The van der Waals surface area contributed by atoms with Gasteiger partial charge in [0.25, 0.3) is 11.6 Å². The van der Waals surface area contributed by atoms with Gasteiger partial charge in [0.15, 0.2) is 6.61 Å². The first-order valence-electron chi connectivity index (χ1n) is 7.06. The quantitative estimate of drug-likeness (QED) is 0.288. The van der Waals surface area contributed by atoms with Gasteiger partial charge in [-0.2, -0.15) is 11.3 Å². The van der Waals surface area contributed by atoms with E-state index < -0.39 is 10.9 Å². The average molecular weight is 357 g/mol. The molecule has 126 valence electrons. The van der Waals surface area contributed by atoms with E-state index in [4.69, 9.17) is 9.15 Å². The van der Waals surface area contributed by atoms with Gasteiger partial charge in [-0.3, -0.25) is 10.1 Å². The van der Waals surface area contributed by atoms with Gasteiger partial charge in [0, 0.05) is 23.8 Å². The lowest BCUT2D eigenvalue weighted by molar-refractivity contribution is -0.384. The fourth-order valence-corrected chi connectivity index (χ4v) is 2.50. The van der Waals surface area contributed by atoms with Crippen molar-refractivity contribution >= 4 is 29.1 Å². The number of rotatable bonds is 6. The number of aromatic nitrogens is 2. The number of carbonyl (C=O) groups is 1. The number of nitro benzene ring substituents is 1. The topological polar surface area (TPSA) is 108 Å². The van der Waals surface area contributed by atoms with Crippen molar-refractivity contribution in [2.24, 2.45) is 0 Å². The predicted octanol–water partition coefficient (Wildman–Crippen LogP) is 3.46. The van der Waals surface area contributed by atoms with Crippen LogP contribution in [0.4, 0.5) is 5.69 Å². The van der Waals surface area contributed by atoms with Crippen LogP contribution >= 0.6 is 11.3 Å². The third kappa shape index (κ3) is 4.36. The lowest BCUT2D eigenvalue weighted by Crippen LogP contribution is -2.00. The van der Waals surface area contributed by atoms with E-state index in [9.17, 15) is 14.9 Å². The maximum atomic E-state index is 11.6. The summed E-state index contributed by atoms with van der Waals surface area (Å²) in [6.07, 6.45) is 2.96. The van der Waals surface area contributed by atoms with Gasteiger partial charge < -0.3 is 9.15 Å². The summed E-state index contributed by atoms with van der Waals surface area (Å²) < 4.78 is 10.4. The van der Waals surface area contributed by atoms with Crippen molar-refractivity contribution in [2.75, 3.05) is 0 Å². The lowest BCUT2D eigenvalue weighted by atomic mass is 10.2. The minimum atomic E-state index is -0.527. The smallest absolute Gasteiger partial charge is 0.331 e. The molecule has 0 atom stereocenters. The Balaban J connectivity index is 1.58. The molecule has 3 aromatic rings. The van der Waals surface area contributed by atoms with Gasteiger partial charge >= 0.3 is 5.97 Å². The van der Waals surface area contributed by atoms with Crippen molar-refractivity contribution in [3.63, 3.8) is 0 Å². The van der Waals surface area contributed by atoms with Crippen molar-refractivity contribution in [3.8, 4) is 11.5 Å². The standard InChI is InChI=1S/C16H11N3O5S/c20-15(6-1-11-7-8-25-10-11)23-9-14-17-18-16(24-14)12-2-4-13(5-3-12)19(21)22/h1-8,10H,9H2/b6-1+. The summed E-state index contributed by atoms with van der Waals surface area (Å²) in [4.78, 5) is 21.8. The number of ether oxygens (including phenoxy) is 1. The van der Waals surface area contributed by atoms with Crippen molar-refractivity contribution in [3.05, 3.63) is 68.7 Å². The molecule has 0 spiro atoms. The highest BCUT2D eigenvalue weighted by Gasteiger charge is 2.12. The maximum absolute atomic E-state index is 11.6. The number of carbonyl (C=O) groups excluding carboxylic acids is 1. The largest absolute Gasteiger partial charge is 0.452 e. The first-order valence-corrected chi connectivity index (χ1v) is 8.00. The molecule has 0 bridgehead atoms. The fourth-order valence-electron chi connectivity index (χ4n) is 1.87. The van der Waals surface area contributed by atoms with Crippen molar-refractivity contribution < 1.29 is 18.9 Å². The number of non-ortho nitro benzene ring substituents is 1. The van der Waals surface area contributed by atoms with Crippen LogP contribution in [-0.2, 0) is 16.1 Å². The number of thiophene rings is 1. The number of nitro groups is 1. The second-order valence-corrected chi connectivity index (χ2v) is 5.58. The van der Waals surface area contributed by atoms with Crippen LogP contribution in [0, 0.1) is 10.1 Å². The van der Waals surface area contributed by atoms with Crippen LogP contribution in [-0.4, -0.2) is 21.1 Å². The molecule has 0 aliphatic carbocycles. The Hall–Kier alpha value is -3.33. The van der Waals surface area contributed by atoms with Crippen molar-refractivity contribution in [1.82, 2.24) is 10.2 Å². The molecule has 0 saturated heterocycles. The van der Waals surface area contributed by atoms with E-state index in [1.165, 1.54) is 41.7 Å². The number of benzene rings is 1. The molecule has 25 heavy (non-hydrogen) atoms. The van der Waals surface area contributed by atoms with E-state index in [2.05, 4.69) is 10.2 Å². The Morgan fingerprint density at radius 2 is 2.08 bits per heavy atom. The molecule has 0 unspecified atom stereocenters. The molecule has 0 aliphatic heterocycles. The lowest BCUT2D eigenvalue weighted by Gasteiger charge is -1.97. The Labute approximate surface area is 145 Å². The molecule has 3 rings (SSSR count). The van der Waals surface area contributed by atoms with Gasteiger partial charge in [-0.05, 0) is 40.6 Å². The van der Waals surface area contributed by atoms with Gasteiger partial charge in [0.1, 0.15) is 0 Å². The van der Waals surface area contributed by atoms with Crippen LogP contribution in [0.3, 0.4) is 0 Å². The molecule has 2 aromatic heterocycles. The number of nitrogens with zero attached hydrogens (tertiary/aromatic N) is 3. The first-order chi connectivity index (χ1) is 12.1. The third-order valence-electron chi connectivity index (χ3n) is 3.08. The monoisotopic (exact) mass is 357 g/mol. The molecular weight excluding hydrogens is 346 g/mol. The van der Waals surface area contributed by atoms with E-state index in [0.717, 1.165) is 5.56 Å². The molecule has 0 fully saturated rings. The number of esters is 1. The third-order valence-corrected chi connectivity index (χ3v) is 3.79. The summed E-state index contributed by atoms with van der Waals surface area (Å²) in [7, 11) is 0. The van der Waals surface area contributed by atoms with E-state index in [-0.39, 0.29) is 24.1 Å². The summed E-state index contributed by atoms with van der Waals surface area (Å²) in [5.74, 6) is -0.207. The molecule has 0 radical (unpaired) electrons. The summed E-state index contributed by atoms with van der Waals surface area (Å²) >= 11 is 1.53. The van der Waals surface area contributed by atoms with Crippen molar-refractivity contribution in [2.45, 2.75) is 6.61 Å². The van der Waals surface area contributed by atoms with Gasteiger partial charge in [-0.1, -0.05) is 0 Å². The molecule has 8 nitrogen and oxygen atoms in total. The molecular formula is C16H11N3O5S. The average Bonchev–Trinajstić information content (AvgIpc) is 3.30. The number of hydrogen-bond acceptors (Lipinski definition) is 8. The first kappa shape index (κ1) is 16.5. The summed E-state index contributed by atoms with van der Waals surface area (Å²) in [6.45, 7) is -0.160. The molecule has 2 heterocycles. The second kappa shape index (κ2) is 7.49. The minimum absolute atomic E-state index is 0.0326. The van der Waals surface area contributed by atoms with E-state index >= 15 is 0 Å². The summed E-state index contributed by atoms with van der Waals surface area (Å²) in [5, 5.41) is 22.1. The summed E-state index contributed by atoms with van der Waals surface area (Å²) in [6, 6.07) is 7.57. The molecule has 0 saturated carbocycles. The van der Waals surface area contributed by atoms with Crippen LogP contribution in [0.1, 0.15) is 11.5 Å². The van der Waals surface area contributed by atoms with Crippen LogP contribution in [0.5, 0.6) is 0 Å². The zero-order valence-corrected chi connectivity index (χ0v) is 13.5. The Morgan fingerprint density at radius 1 is 1.28 bits per heavy atom. The Morgan fingerprint density at radius 3 is 2.76 bits per heavy atom. The second-order valence-electron chi connectivity index (χ2n) is 4.80. The Kier molecular flexibility index (Phi) is 4.95. The van der Waals surface area contributed by atoms with Crippen LogP contribution in [0.25, 0.3) is 17.5 Å². The van der Waals surface area contributed by atoms with Crippen molar-refractivity contribution in [1.29, 1.82) is 0 Å². The van der Waals surface area contributed by atoms with Crippen LogP contribution in [0.15, 0.2) is 51.6 Å². The fraction of sp³-hybridized carbons (Fsp3) is 0.0625. The van der Waals surface area contributed by atoms with E-state index in [1.54, 1.807) is 6.08 Å². The highest BCUT2D eigenvalue weighted by Crippen LogP contribution is 2.21. The van der Waals surface area contributed by atoms with Crippen LogP contribution in [0.2, 0.25) is 0 Å².